The Bertz CT molecular complexity index is 878. The maximum atomic E-state index is 11.7. The minimum absolute atomic E-state index is 0.00148. The molecule has 3 rings (SSSR count). The lowest BCUT2D eigenvalue weighted by Crippen LogP contribution is -2.25. The highest BCUT2D eigenvalue weighted by Gasteiger charge is 2.10. The Labute approximate surface area is 162 Å². The van der Waals surface area contributed by atoms with Crippen molar-refractivity contribution in [2.45, 2.75) is 18.4 Å². The zero-order valence-corrected chi connectivity index (χ0v) is 16.1. The molecule has 2 aromatic heterocycles. The third-order valence-electron chi connectivity index (χ3n) is 3.79. The molecule has 0 saturated heterocycles. The second-order valence-electron chi connectivity index (χ2n) is 5.73. The van der Waals surface area contributed by atoms with Crippen LogP contribution in [-0.4, -0.2) is 45.3 Å². The topological polar surface area (TPSA) is 81.9 Å². The predicted octanol–water partition coefficient (Wildman–Crippen LogP) is 2.96. The minimum Gasteiger partial charge on any atom is -0.497 e. The number of amides is 1. The van der Waals surface area contributed by atoms with Crippen molar-refractivity contribution in [1.82, 2.24) is 25.3 Å². The summed E-state index contributed by atoms with van der Waals surface area (Å²) in [6, 6.07) is 13.4. The van der Waals surface area contributed by atoms with Gasteiger partial charge in [-0.1, -0.05) is 18.7 Å². The molecule has 1 N–H and O–H groups in total. The van der Waals surface area contributed by atoms with Gasteiger partial charge in [0.15, 0.2) is 5.82 Å². The lowest BCUT2D eigenvalue weighted by Gasteiger charge is -2.08. The normalized spacial score (nSPS) is 10.6. The number of hydrogen-bond acceptors (Lipinski definition) is 6. The molecule has 7 nitrogen and oxygen atoms in total. The van der Waals surface area contributed by atoms with Gasteiger partial charge in [0.05, 0.1) is 24.8 Å². The van der Waals surface area contributed by atoms with Crippen molar-refractivity contribution in [2.24, 2.45) is 0 Å². The number of carbonyl (C=O) groups is 1. The molecule has 8 heteroatoms. The highest BCUT2D eigenvalue weighted by atomic mass is 32.2. The number of benzene rings is 1. The Kier molecular flexibility index (Phi) is 6.43. The molecule has 0 atom stereocenters. The monoisotopic (exact) mass is 383 g/mol. The average Bonchev–Trinajstić information content (AvgIpc) is 3.21. The fourth-order valence-electron chi connectivity index (χ4n) is 2.42. The molecule has 0 aliphatic heterocycles. The predicted molar refractivity (Wildman–Crippen MR) is 105 cm³/mol. The first-order valence-electron chi connectivity index (χ1n) is 8.63. The van der Waals surface area contributed by atoms with Crippen molar-refractivity contribution < 1.29 is 9.53 Å². The van der Waals surface area contributed by atoms with E-state index in [1.807, 2.05) is 49.4 Å². The van der Waals surface area contributed by atoms with Crippen LogP contribution in [0, 0.1) is 0 Å². The molecule has 2 heterocycles. The highest BCUT2D eigenvalue weighted by Crippen LogP contribution is 2.24. The summed E-state index contributed by atoms with van der Waals surface area (Å²) in [6.45, 7) is 2.71. The van der Waals surface area contributed by atoms with E-state index in [0.29, 0.717) is 23.1 Å². The SMILES string of the molecule is CCCNC(=O)CSc1ccc(-n2nccc2-c2ccc(OC)cc2)nn1. The first kappa shape index (κ1) is 18.9. The molecule has 0 aliphatic carbocycles. The molecule has 140 valence electrons. The molecular weight excluding hydrogens is 362 g/mol. The van der Waals surface area contributed by atoms with E-state index in [1.165, 1.54) is 11.8 Å². The van der Waals surface area contributed by atoms with Gasteiger partial charge in [0.25, 0.3) is 0 Å². The van der Waals surface area contributed by atoms with Crippen LogP contribution in [-0.2, 0) is 4.79 Å². The van der Waals surface area contributed by atoms with E-state index in [0.717, 1.165) is 23.4 Å². The molecule has 1 amide bonds. The van der Waals surface area contributed by atoms with Gasteiger partial charge in [-0.3, -0.25) is 4.79 Å². The second kappa shape index (κ2) is 9.18. The van der Waals surface area contributed by atoms with Gasteiger partial charge in [-0.2, -0.15) is 5.10 Å². The Hall–Kier alpha value is -2.87. The van der Waals surface area contributed by atoms with E-state index < -0.39 is 0 Å². The van der Waals surface area contributed by atoms with E-state index in [4.69, 9.17) is 4.74 Å². The fourth-order valence-corrected chi connectivity index (χ4v) is 3.07. The molecule has 0 unspecified atom stereocenters. The van der Waals surface area contributed by atoms with Crippen molar-refractivity contribution >= 4 is 17.7 Å². The average molecular weight is 383 g/mol. The number of aromatic nitrogens is 4. The Morgan fingerprint density at radius 1 is 1.15 bits per heavy atom. The molecule has 0 saturated carbocycles. The fraction of sp³-hybridized carbons (Fsp3) is 0.263. The summed E-state index contributed by atoms with van der Waals surface area (Å²) in [7, 11) is 1.64. The Balaban J connectivity index is 1.70. The zero-order chi connectivity index (χ0) is 19.1. The van der Waals surface area contributed by atoms with Crippen LogP contribution in [0.1, 0.15) is 13.3 Å². The van der Waals surface area contributed by atoms with Gasteiger partial charge < -0.3 is 10.1 Å². The number of ether oxygens (including phenoxy) is 1. The first-order chi connectivity index (χ1) is 13.2. The van der Waals surface area contributed by atoms with Crippen LogP contribution in [0.3, 0.4) is 0 Å². The molecule has 0 spiro atoms. The number of carbonyl (C=O) groups excluding carboxylic acids is 1. The van der Waals surface area contributed by atoms with Gasteiger partial charge in [-0.05, 0) is 48.9 Å². The van der Waals surface area contributed by atoms with E-state index in [9.17, 15) is 4.79 Å². The summed E-state index contributed by atoms with van der Waals surface area (Å²) in [5.41, 5.74) is 1.91. The third kappa shape index (κ3) is 4.85. The molecule has 1 aromatic carbocycles. The van der Waals surface area contributed by atoms with Crippen LogP contribution in [0.2, 0.25) is 0 Å². The quantitative estimate of drug-likeness (QED) is 0.602. The summed E-state index contributed by atoms with van der Waals surface area (Å²) in [5.74, 6) is 1.74. The number of nitrogens with zero attached hydrogens (tertiary/aromatic N) is 4. The van der Waals surface area contributed by atoms with Crippen LogP contribution in [0.5, 0.6) is 5.75 Å². The number of rotatable bonds is 8. The number of hydrogen-bond donors (Lipinski definition) is 1. The van der Waals surface area contributed by atoms with Crippen LogP contribution in [0.25, 0.3) is 17.1 Å². The van der Waals surface area contributed by atoms with Crippen molar-refractivity contribution in [2.75, 3.05) is 19.4 Å². The lowest BCUT2D eigenvalue weighted by atomic mass is 10.1. The maximum absolute atomic E-state index is 11.7. The summed E-state index contributed by atoms with van der Waals surface area (Å²) in [4.78, 5) is 11.7. The van der Waals surface area contributed by atoms with E-state index in [2.05, 4.69) is 20.6 Å². The van der Waals surface area contributed by atoms with E-state index in [-0.39, 0.29) is 5.91 Å². The van der Waals surface area contributed by atoms with Crippen molar-refractivity contribution in [3.63, 3.8) is 0 Å². The van der Waals surface area contributed by atoms with Crippen LogP contribution in [0.4, 0.5) is 0 Å². The molecule has 3 aromatic rings. The van der Waals surface area contributed by atoms with Crippen LogP contribution in [0.15, 0.2) is 53.7 Å². The third-order valence-corrected chi connectivity index (χ3v) is 4.71. The van der Waals surface area contributed by atoms with Gasteiger partial charge in [-0.15, -0.1) is 10.2 Å². The highest BCUT2D eigenvalue weighted by molar-refractivity contribution is 7.99. The second-order valence-corrected chi connectivity index (χ2v) is 6.72. The number of thioether (sulfide) groups is 1. The molecule has 0 bridgehead atoms. The van der Waals surface area contributed by atoms with Gasteiger partial charge in [0.1, 0.15) is 10.8 Å². The molecule has 27 heavy (non-hydrogen) atoms. The largest absolute Gasteiger partial charge is 0.497 e. The zero-order valence-electron chi connectivity index (χ0n) is 15.3. The van der Waals surface area contributed by atoms with Crippen molar-refractivity contribution in [3.05, 3.63) is 48.7 Å². The molecule has 0 fully saturated rings. The van der Waals surface area contributed by atoms with E-state index in [1.54, 1.807) is 18.0 Å². The first-order valence-corrected chi connectivity index (χ1v) is 9.62. The van der Waals surface area contributed by atoms with Crippen molar-refractivity contribution in [1.29, 1.82) is 0 Å². The molecule has 0 radical (unpaired) electrons. The minimum atomic E-state index is 0.00148. The van der Waals surface area contributed by atoms with Crippen LogP contribution >= 0.6 is 11.8 Å². The Morgan fingerprint density at radius 2 is 1.96 bits per heavy atom. The maximum Gasteiger partial charge on any atom is 0.230 e. The number of methoxy groups -OCH3 is 1. The van der Waals surface area contributed by atoms with Gasteiger partial charge in [0, 0.05) is 12.1 Å². The van der Waals surface area contributed by atoms with E-state index >= 15 is 0 Å². The lowest BCUT2D eigenvalue weighted by molar-refractivity contribution is -0.118. The smallest absolute Gasteiger partial charge is 0.230 e. The molecular formula is C19H21N5O2S. The van der Waals surface area contributed by atoms with Gasteiger partial charge >= 0.3 is 0 Å². The Morgan fingerprint density at radius 3 is 2.63 bits per heavy atom. The van der Waals surface area contributed by atoms with Crippen LogP contribution < -0.4 is 10.1 Å². The standard InChI is InChI=1S/C19H21N5O2S/c1-3-11-20-18(25)13-27-19-9-8-17(22-23-19)24-16(10-12-21-24)14-4-6-15(26-2)7-5-14/h4-10,12H,3,11,13H2,1-2H3,(H,20,25). The summed E-state index contributed by atoms with van der Waals surface area (Å²) < 4.78 is 6.93. The van der Waals surface area contributed by atoms with Gasteiger partial charge in [-0.25, -0.2) is 4.68 Å². The summed E-state index contributed by atoms with van der Waals surface area (Å²) >= 11 is 1.36. The summed E-state index contributed by atoms with van der Waals surface area (Å²) in [6.07, 6.45) is 2.65. The molecule has 0 aliphatic rings. The number of nitrogens with one attached hydrogen (secondary N) is 1. The van der Waals surface area contributed by atoms with Crippen molar-refractivity contribution in [3.8, 4) is 22.8 Å². The summed E-state index contributed by atoms with van der Waals surface area (Å²) in [5, 5.41) is 16.3. The van der Waals surface area contributed by atoms with Gasteiger partial charge in [0.2, 0.25) is 5.91 Å².